The van der Waals surface area contributed by atoms with Crippen LogP contribution in [0.2, 0.25) is 0 Å². The summed E-state index contributed by atoms with van der Waals surface area (Å²) in [6, 6.07) is 11.2. The van der Waals surface area contributed by atoms with E-state index >= 15 is 0 Å². The number of amides is 1. The van der Waals surface area contributed by atoms with E-state index in [4.69, 9.17) is 0 Å². The molecular formula is C17H21N3O3S. The van der Waals surface area contributed by atoms with Gasteiger partial charge < -0.3 is 5.32 Å². The van der Waals surface area contributed by atoms with Crippen LogP contribution in [0, 0.1) is 6.92 Å². The van der Waals surface area contributed by atoms with Gasteiger partial charge in [0.25, 0.3) is 0 Å². The maximum absolute atomic E-state index is 12.1. The maximum atomic E-state index is 12.1. The molecule has 24 heavy (non-hydrogen) atoms. The number of aromatic nitrogens is 1. The number of pyridine rings is 1. The van der Waals surface area contributed by atoms with Gasteiger partial charge in [-0.2, -0.15) is 4.31 Å². The van der Waals surface area contributed by atoms with Gasteiger partial charge in [0.1, 0.15) is 0 Å². The number of carbonyl (C=O) groups excluding carboxylic acids is 1. The lowest BCUT2D eigenvalue weighted by molar-refractivity contribution is -0.121. The standard InChI is InChI=1S/C17H21N3O3S/c1-14-4-3-5-16(10-14)12-20(24(2,22)23)13-17(21)19-11-15-6-8-18-9-7-15/h3-10H,11-13H2,1-2H3,(H,19,21). The highest BCUT2D eigenvalue weighted by atomic mass is 32.2. The predicted molar refractivity (Wildman–Crippen MR) is 92.5 cm³/mol. The number of rotatable bonds is 7. The molecule has 1 aromatic heterocycles. The van der Waals surface area contributed by atoms with E-state index in [0.717, 1.165) is 22.9 Å². The Balaban J connectivity index is 1.99. The Hall–Kier alpha value is -2.25. The predicted octanol–water partition coefficient (Wildman–Crippen LogP) is 1.47. The monoisotopic (exact) mass is 347 g/mol. The van der Waals surface area contributed by atoms with Crippen molar-refractivity contribution in [2.24, 2.45) is 0 Å². The van der Waals surface area contributed by atoms with Crippen LogP contribution >= 0.6 is 0 Å². The fourth-order valence-corrected chi connectivity index (χ4v) is 2.96. The van der Waals surface area contributed by atoms with Gasteiger partial charge in [0.2, 0.25) is 15.9 Å². The molecule has 1 heterocycles. The molecule has 0 bridgehead atoms. The lowest BCUT2D eigenvalue weighted by Gasteiger charge is -2.20. The molecular weight excluding hydrogens is 326 g/mol. The summed E-state index contributed by atoms with van der Waals surface area (Å²) in [5.74, 6) is -0.343. The van der Waals surface area contributed by atoms with E-state index in [2.05, 4.69) is 10.3 Å². The highest BCUT2D eigenvalue weighted by Crippen LogP contribution is 2.10. The number of hydrogen-bond donors (Lipinski definition) is 1. The molecule has 1 amide bonds. The van der Waals surface area contributed by atoms with Crippen LogP contribution in [0.3, 0.4) is 0 Å². The molecule has 2 rings (SSSR count). The van der Waals surface area contributed by atoms with Gasteiger partial charge in [-0.15, -0.1) is 0 Å². The first-order valence-corrected chi connectivity index (χ1v) is 9.36. The van der Waals surface area contributed by atoms with Gasteiger partial charge in [0, 0.05) is 25.5 Å². The van der Waals surface area contributed by atoms with Crippen LogP contribution in [0.1, 0.15) is 16.7 Å². The molecule has 0 atom stereocenters. The Kier molecular flexibility index (Phi) is 6.05. The third-order valence-electron chi connectivity index (χ3n) is 3.47. The molecule has 1 N–H and O–H groups in total. The minimum atomic E-state index is -3.49. The number of benzene rings is 1. The smallest absolute Gasteiger partial charge is 0.235 e. The fourth-order valence-electron chi connectivity index (χ4n) is 2.22. The highest BCUT2D eigenvalue weighted by molar-refractivity contribution is 7.88. The van der Waals surface area contributed by atoms with Crippen molar-refractivity contribution in [1.82, 2.24) is 14.6 Å². The Morgan fingerprint density at radius 3 is 2.50 bits per heavy atom. The van der Waals surface area contributed by atoms with Crippen LogP contribution in [0.4, 0.5) is 0 Å². The maximum Gasteiger partial charge on any atom is 0.235 e. The number of carbonyl (C=O) groups is 1. The molecule has 0 aliphatic carbocycles. The van der Waals surface area contributed by atoms with Crippen LogP contribution in [0.25, 0.3) is 0 Å². The summed E-state index contributed by atoms with van der Waals surface area (Å²) in [7, 11) is -3.49. The topological polar surface area (TPSA) is 79.4 Å². The zero-order valence-corrected chi connectivity index (χ0v) is 14.6. The van der Waals surface area contributed by atoms with Gasteiger partial charge in [-0.3, -0.25) is 9.78 Å². The Morgan fingerprint density at radius 2 is 1.88 bits per heavy atom. The minimum absolute atomic E-state index is 0.170. The minimum Gasteiger partial charge on any atom is -0.351 e. The SMILES string of the molecule is Cc1cccc(CN(CC(=O)NCc2ccncc2)S(C)(=O)=O)c1. The van der Waals surface area contributed by atoms with Crippen molar-refractivity contribution >= 4 is 15.9 Å². The van der Waals surface area contributed by atoms with Gasteiger partial charge in [-0.05, 0) is 30.2 Å². The molecule has 1 aromatic carbocycles. The second-order valence-electron chi connectivity index (χ2n) is 5.65. The lowest BCUT2D eigenvalue weighted by Crippen LogP contribution is -2.39. The zero-order chi connectivity index (χ0) is 17.6. The molecule has 6 nitrogen and oxygen atoms in total. The van der Waals surface area contributed by atoms with E-state index in [1.54, 1.807) is 24.5 Å². The molecule has 0 unspecified atom stereocenters. The van der Waals surface area contributed by atoms with E-state index in [1.165, 1.54) is 4.31 Å². The summed E-state index contributed by atoms with van der Waals surface area (Å²) in [6.45, 7) is 2.24. The molecule has 0 aliphatic rings. The van der Waals surface area contributed by atoms with Crippen LogP contribution in [0.15, 0.2) is 48.8 Å². The third-order valence-corrected chi connectivity index (χ3v) is 4.67. The second kappa shape index (κ2) is 8.03. The van der Waals surface area contributed by atoms with Gasteiger partial charge in [0.05, 0.1) is 12.8 Å². The largest absolute Gasteiger partial charge is 0.351 e. The lowest BCUT2D eigenvalue weighted by atomic mass is 10.1. The first-order chi connectivity index (χ1) is 11.3. The summed E-state index contributed by atoms with van der Waals surface area (Å²) in [5.41, 5.74) is 2.80. The van der Waals surface area contributed by atoms with Crippen LogP contribution in [0.5, 0.6) is 0 Å². The first-order valence-electron chi connectivity index (χ1n) is 7.51. The third kappa shape index (κ3) is 5.75. The molecule has 0 aliphatic heterocycles. The van der Waals surface area contributed by atoms with E-state index < -0.39 is 10.0 Å². The molecule has 0 spiro atoms. The van der Waals surface area contributed by atoms with Gasteiger partial charge >= 0.3 is 0 Å². The van der Waals surface area contributed by atoms with Gasteiger partial charge in [0.15, 0.2) is 0 Å². The molecule has 128 valence electrons. The fraction of sp³-hybridized carbons (Fsp3) is 0.294. The highest BCUT2D eigenvalue weighted by Gasteiger charge is 2.20. The van der Waals surface area contributed by atoms with E-state index in [-0.39, 0.29) is 19.0 Å². The van der Waals surface area contributed by atoms with E-state index in [9.17, 15) is 13.2 Å². The van der Waals surface area contributed by atoms with Crippen molar-refractivity contribution in [2.75, 3.05) is 12.8 Å². The van der Waals surface area contributed by atoms with Crippen molar-refractivity contribution in [3.8, 4) is 0 Å². The Morgan fingerprint density at radius 1 is 1.17 bits per heavy atom. The van der Waals surface area contributed by atoms with Crippen LogP contribution in [-0.4, -0.2) is 36.4 Å². The second-order valence-corrected chi connectivity index (χ2v) is 7.63. The molecule has 7 heteroatoms. The summed E-state index contributed by atoms with van der Waals surface area (Å²) in [6.07, 6.45) is 4.39. The average molecular weight is 347 g/mol. The van der Waals surface area contributed by atoms with Crippen LogP contribution < -0.4 is 5.32 Å². The number of sulfonamides is 1. The first kappa shape index (κ1) is 18.1. The molecule has 0 radical (unpaired) electrons. The average Bonchev–Trinajstić information content (AvgIpc) is 2.52. The molecule has 0 saturated heterocycles. The number of hydrogen-bond acceptors (Lipinski definition) is 4. The number of aryl methyl sites for hydroxylation is 1. The quantitative estimate of drug-likeness (QED) is 0.822. The molecule has 0 fully saturated rings. The normalized spacial score (nSPS) is 11.5. The van der Waals surface area contributed by atoms with Crippen molar-refractivity contribution in [1.29, 1.82) is 0 Å². The van der Waals surface area contributed by atoms with Crippen molar-refractivity contribution in [2.45, 2.75) is 20.0 Å². The summed E-state index contributed by atoms with van der Waals surface area (Å²) < 4.78 is 25.1. The van der Waals surface area contributed by atoms with Crippen LogP contribution in [-0.2, 0) is 27.9 Å². The van der Waals surface area contributed by atoms with E-state index in [1.807, 2.05) is 31.2 Å². The summed E-state index contributed by atoms with van der Waals surface area (Å²) in [5, 5.41) is 2.73. The van der Waals surface area contributed by atoms with Crippen molar-refractivity contribution < 1.29 is 13.2 Å². The van der Waals surface area contributed by atoms with Gasteiger partial charge in [-0.1, -0.05) is 29.8 Å². The van der Waals surface area contributed by atoms with Crippen molar-refractivity contribution in [3.63, 3.8) is 0 Å². The molecule has 2 aromatic rings. The summed E-state index contributed by atoms with van der Waals surface area (Å²) >= 11 is 0. The van der Waals surface area contributed by atoms with Crippen molar-refractivity contribution in [3.05, 3.63) is 65.5 Å². The zero-order valence-electron chi connectivity index (χ0n) is 13.8. The summed E-state index contributed by atoms with van der Waals surface area (Å²) in [4.78, 5) is 16.0. The Bertz CT molecular complexity index is 792. The number of nitrogens with zero attached hydrogens (tertiary/aromatic N) is 2. The molecule has 0 saturated carbocycles. The Labute approximate surface area is 142 Å². The number of nitrogens with one attached hydrogen (secondary N) is 1. The van der Waals surface area contributed by atoms with Gasteiger partial charge in [-0.25, -0.2) is 8.42 Å². The van der Waals surface area contributed by atoms with E-state index in [0.29, 0.717) is 6.54 Å².